The van der Waals surface area contributed by atoms with Crippen LogP contribution in [0.15, 0.2) is 42.5 Å². The van der Waals surface area contributed by atoms with E-state index in [1.807, 2.05) is 25.1 Å². The maximum absolute atomic E-state index is 12.6. The van der Waals surface area contributed by atoms with Crippen LogP contribution < -0.4 is 9.47 Å². The zero-order valence-corrected chi connectivity index (χ0v) is 12.1. The van der Waals surface area contributed by atoms with E-state index in [2.05, 4.69) is 6.07 Å². The summed E-state index contributed by atoms with van der Waals surface area (Å²) in [4.78, 5) is 14.3. The number of methoxy groups -OCH3 is 1. The molecule has 0 aromatic heterocycles. The average Bonchev–Trinajstić information content (AvgIpc) is 2.50. The van der Waals surface area contributed by atoms with E-state index in [0.717, 1.165) is 5.56 Å². The first-order chi connectivity index (χ1) is 10.2. The van der Waals surface area contributed by atoms with Gasteiger partial charge >= 0.3 is 0 Å². The Morgan fingerprint density at radius 3 is 2.86 bits per heavy atom. The SMILES string of the molecule is COc1ccc2c(c1)C(=O)N(Cc1cccc(C)c1)CO2. The summed E-state index contributed by atoms with van der Waals surface area (Å²) >= 11 is 0. The monoisotopic (exact) mass is 283 g/mol. The molecular weight excluding hydrogens is 266 g/mol. The fourth-order valence-electron chi connectivity index (χ4n) is 2.45. The van der Waals surface area contributed by atoms with Gasteiger partial charge in [-0.2, -0.15) is 0 Å². The lowest BCUT2D eigenvalue weighted by atomic mass is 10.1. The van der Waals surface area contributed by atoms with E-state index in [4.69, 9.17) is 9.47 Å². The van der Waals surface area contributed by atoms with Crippen LogP contribution in [0.4, 0.5) is 0 Å². The molecule has 0 unspecified atom stereocenters. The highest BCUT2D eigenvalue weighted by Gasteiger charge is 2.26. The third-order valence-corrected chi connectivity index (χ3v) is 3.54. The van der Waals surface area contributed by atoms with Gasteiger partial charge in [0.2, 0.25) is 0 Å². The third-order valence-electron chi connectivity index (χ3n) is 3.54. The Labute approximate surface area is 123 Å². The number of nitrogens with zero attached hydrogens (tertiary/aromatic N) is 1. The van der Waals surface area contributed by atoms with E-state index >= 15 is 0 Å². The van der Waals surface area contributed by atoms with Gasteiger partial charge in [-0.1, -0.05) is 29.8 Å². The molecule has 1 heterocycles. The first-order valence-corrected chi connectivity index (χ1v) is 6.83. The summed E-state index contributed by atoms with van der Waals surface area (Å²) in [6.07, 6.45) is 0. The highest BCUT2D eigenvalue weighted by molar-refractivity contribution is 5.98. The van der Waals surface area contributed by atoms with Gasteiger partial charge < -0.3 is 14.4 Å². The van der Waals surface area contributed by atoms with Crippen molar-refractivity contribution in [2.75, 3.05) is 13.8 Å². The molecule has 4 nitrogen and oxygen atoms in total. The molecule has 0 atom stereocenters. The van der Waals surface area contributed by atoms with Gasteiger partial charge in [-0.3, -0.25) is 4.79 Å². The lowest BCUT2D eigenvalue weighted by Gasteiger charge is -2.29. The zero-order valence-electron chi connectivity index (χ0n) is 12.1. The molecule has 1 amide bonds. The van der Waals surface area contributed by atoms with Crippen LogP contribution in [0.3, 0.4) is 0 Å². The van der Waals surface area contributed by atoms with Gasteiger partial charge in [-0.25, -0.2) is 0 Å². The van der Waals surface area contributed by atoms with E-state index < -0.39 is 0 Å². The van der Waals surface area contributed by atoms with Crippen LogP contribution in [-0.4, -0.2) is 24.6 Å². The van der Waals surface area contributed by atoms with Gasteiger partial charge in [0, 0.05) is 6.54 Å². The number of carbonyl (C=O) groups excluding carboxylic acids is 1. The van der Waals surface area contributed by atoms with Crippen molar-refractivity contribution in [1.29, 1.82) is 0 Å². The van der Waals surface area contributed by atoms with E-state index in [0.29, 0.717) is 23.6 Å². The predicted octanol–water partition coefficient (Wildman–Crippen LogP) is 3.00. The van der Waals surface area contributed by atoms with Gasteiger partial charge in [-0.15, -0.1) is 0 Å². The lowest BCUT2D eigenvalue weighted by molar-refractivity contribution is 0.0498. The molecule has 0 radical (unpaired) electrons. The number of carbonyl (C=O) groups is 1. The molecule has 4 heteroatoms. The fourth-order valence-corrected chi connectivity index (χ4v) is 2.45. The van der Waals surface area contributed by atoms with Crippen molar-refractivity contribution in [2.45, 2.75) is 13.5 Å². The minimum atomic E-state index is -0.0309. The van der Waals surface area contributed by atoms with Gasteiger partial charge in [-0.05, 0) is 30.7 Å². The number of aryl methyl sites for hydroxylation is 1. The van der Waals surface area contributed by atoms with Crippen molar-refractivity contribution in [3.05, 3.63) is 59.2 Å². The molecule has 108 valence electrons. The molecule has 0 bridgehead atoms. The Bertz CT molecular complexity index is 681. The molecular formula is C17H17NO3. The van der Waals surface area contributed by atoms with Crippen LogP contribution in [0.1, 0.15) is 21.5 Å². The second-order valence-electron chi connectivity index (χ2n) is 5.13. The highest BCUT2D eigenvalue weighted by Crippen LogP contribution is 2.29. The quantitative estimate of drug-likeness (QED) is 0.869. The molecule has 2 aromatic rings. The minimum absolute atomic E-state index is 0.0309. The standard InChI is InChI=1S/C17H17NO3/c1-12-4-3-5-13(8-12)10-18-11-21-16-7-6-14(20-2)9-15(16)17(18)19/h3-9H,10-11H2,1-2H3. The topological polar surface area (TPSA) is 38.8 Å². The van der Waals surface area contributed by atoms with Crippen LogP contribution in [0.2, 0.25) is 0 Å². The van der Waals surface area contributed by atoms with E-state index in [1.54, 1.807) is 30.2 Å². The first kappa shape index (κ1) is 13.5. The molecule has 1 aliphatic heterocycles. The molecule has 0 spiro atoms. The van der Waals surface area contributed by atoms with E-state index in [1.165, 1.54) is 5.56 Å². The van der Waals surface area contributed by atoms with Crippen LogP contribution >= 0.6 is 0 Å². The number of fused-ring (bicyclic) bond motifs is 1. The molecule has 1 aliphatic rings. The smallest absolute Gasteiger partial charge is 0.260 e. The summed E-state index contributed by atoms with van der Waals surface area (Å²) in [5, 5.41) is 0. The first-order valence-electron chi connectivity index (χ1n) is 6.83. The molecule has 21 heavy (non-hydrogen) atoms. The van der Waals surface area contributed by atoms with Gasteiger partial charge in [0.05, 0.1) is 12.7 Å². The van der Waals surface area contributed by atoms with Crippen molar-refractivity contribution in [1.82, 2.24) is 4.90 Å². The largest absolute Gasteiger partial charge is 0.497 e. The van der Waals surface area contributed by atoms with Crippen molar-refractivity contribution in [3.8, 4) is 11.5 Å². The zero-order chi connectivity index (χ0) is 14.8. The Kier molecular flexibility index (Phi) is 3.52. The summed E-state index contributed by atoms with van der Waals surface area (Å²) in [6, 6.07) is 13.4. The molecule has 0 saturated carbocycles. The summed E-state index contributed by atoms with van der Waals surface area (Å²) in [5.41, 5.74) is 2.83. The number of hydrogen-bond donors (Lipinski definition) is 0. The third kappa shape index (κ3) is 2.70. The maximum atomic E-state index is 12.6. The predicted molar refractivity (Wildman–Crippen MR) is 79.5 cm³/mol. The second kappa shape index (κ2) is 5.48. The Morgan fingerprint density at radius 2 is 2.10 bits per heavy atom. The van der Waals surface area contributed by atoms with Gasteiger partial charge in [0.25, 0.3) is 5.91 Å². The van der Waals surface area contributed by atoms with Gasteiger partial charge in [0.1, 0.15) is 11.5 Å². The molecule has 0 aliphatic carbocycles. The van der Waals surface area contributed by atoms with Crippen LogP contribution in [0.5, 0.6) is 11.5 Å². The summed E-state index contributed by atoms with van der Waals surface area (Å²) < 4.78 is 10.8. The molecule has 0 fully saturated rings. The van der Waals surface area contributed by atoms with Crippen molar-refractivity contribution < 1.29 is 14.3 Å². The second-order valence-corrected chi connectivity index (χ2v) is 5.13. The number of rotatable bonds is 3. The Morgan fingerprint density at radius 1 is 1.24 bits per heavy atom. The normalized spacial score (nSPS) is 13.6. The number of ether oxygens (including phenoxy) is 2. The lowest BCUT2D eigenvalue weighted by Crippen LogP contribution is -2.38. The minimum Gasteiger partial charge on any atom is -0.497 e. The molecule has 0 saturated heterocycles. The molecule has 2 aromatic carbocycles. The summed E-state index contributed by atoms with van der Waals surface area (Å²) in [5.74, 6) is 1.24. The van der Waals surface area contributed by atoms with Crippen LogP contribution in [0.25, 0.3) is 0 Å². The van der Waals surface area contributed by atoms with Crippen molar-refractivity contribution in [3.63, 3.8) is 0 Å². The Hall–Kier alpha value is -2.49. The van der Waals surface area contributed by atoms with Crippen molar-refractivity contribution in [2.24, 2.45) is 0 Å². The fraction of sp³-hybridized carbons (Fsp3) is 0.235. The Balaban J connectivity index is 1.84. The molecule has 3 rings (SSSR count). The van der Waals surface area contributed by atoms with Gasteiger partial charge in [0.15, 0.2) is 6.73 Å². The van der Waals surface area contributed by atoms with E-state index in [9.17, 15) is 4.79 Å². The summed E-state index contributed by atoms with van der Waals surface area (Å²) in [6.45, 7) is 2.85. The maximum Gasteiger partial charge on any atom is 0.260 e. The average molecular weight is 283 g/mol. The van der Waals surface area contributed by atoms with Crippen molar-refractivity contribution >= 4 is 5.91 Å². The van der Waals surface area contributed by atoms with Crippen LogP contribution in [0, 0.1) is 6.92 Å². The van der Waals surface area contributed by atoms with E-state index in [-0.39, 0.29) is 12.6 Å². The van der Waals surface area contributed by atoms with Crippen LogP contribution in [-0.2, 0) is 6.54 Å². The number of amides is 1. The molecule has 0 N–H and O–H groups in total. The number of benzene rings is 2. The highest BCUT2D eigenvalue weighted by atomic mass is 16.5. The number of hydrogen-bond acceptors (Lipinski definition) is 3. The summed E-state index contributed by atoms with van der Waals surface area (Å²) in [7, 11) is 1.58.